The van der Waals surface area contributed by atoms with Crippen molar-refractivity contribution in [1.29, 1.82) is 0 Å². The highest BCUT2D eigenvalue weighted by Gasteiger charge is 1.99. The van der Waals surface area contributed by atoms with Gasteiger partial charge >= 0.3 is 0 Å². The van der Waals surface area contributed by atoms with Gasteiger partial charge in [-0.2, -0.15) is 0 Å². The molecule has 1 heterocycles. The van der Waals surface area contributed by atoms with Crippen molar-refractivity contribution in [2.24, 2.45) is 0 Å². The van der Waals surface area contributed by atoms with Crippen molar-refractivity contribution in [2.45, 2.75) is 25.7 Å². The molecule has 0 aliphatic carbocycles. The minimum atomic E-state index is 1.24. The van der Waals surface area contributed by atoms with Gasteiger partial charge < -0.3 is 0 Å². The Bertz CT molecular complexity index is 97.8. The zero-order valence-corrected chi connectivity index (χ0v) is 8.45. The first-order valence-corrected chi connectivity index (χ1v) is 7.43. The molecule has 1 aliphatic heterocycles. The Hall–Kier alpha value is 0.600. The molecule has 10 heavy (non-hydrogen) atoms. The molecule has 1 fully saturated rings. The number of rotatable bonds is 0. The molecule has 0 amide bonds. The smallest absolute Gasteiger partial charge is 0.0280 e. The summed E-state index contributed by atoms with van der Waals surface area (Å²) in [5.41, 5.74) is 1.50. The molecule has 0 spiro atoms. The Morgan fingerprint density at radius 2 is 1.80 bits per heavy atom. The highest BCUT2D eigenvalue weighted by atomic mass is 32.0. The van der Waals surface area contributed by atoms with E-state index in [2.05, 4.69) is 6.58 Å². The fourth-order valence-electron chi connectivity index (χ4n) is 1.13. The third-order valence-electron chi connectivity index (χ3n) is 1.81. The molecular formula is C8H16P2. The molecule has 0 aromatic heterocycles. The number of allylic oxidation sites excluding steroid dienone is 1. The monoisotopic (exact) mass is 174 g/mol. The van der Waals surface area contributed by atoms with Gasteiger partial charge in [0.15, 0.2) is 0 Å². The Balaban J connectivity index is 2.21. The summed E-state index contributed by atoms with van der Waals surface area (Å²) in [4.78, 5) is 0. The second-order valence-corrected chi connectivity index (χ2v) is 6.64. The highest BCUT2D eigenvalue weighted by molar-refractivity contribution is 8.11. The average Bonchev–Trinajstić information content (AvgIpc) is 2.02. The Kier molecular flexibility index (Phi) is 4.59. The van der Waals surface area contributed by atoms with Gasteiger partial charge in [-0.15, -0.1) is 0 Å². The van der Waals surface area contributed by atoms with E-state index in [0.29, 0.717) is 0 Å². The molecule has 2 unspecified atom stereocenters. The van der Waals surface area contributed by atoms with Crippen molar-refractivity contribution >= 4 is 16.5 Å². The SMILES string of the molecule is C=C1CCCCPPCC1. The van der Waals surface area contributed by atoms with Gasteiger partial charge in [0, 0.05) is 0 Å². The summed E-state index contributed by atoms with van der Waals surface area (Å²) < 4.78 is 0. The van der Waals surface area contributed by atoms with Gasteiger partial charge in [-0.3, -0.25) is 0 Å². The van der Waals surface area contributed by atoms with Crippen LogP contribution in [0, 0.1) is 0 Å². The zero-order chi connectivity index (χ0) is 7.23. The first-order chi connectivity index (χ1) is 4.89. The average molecular weight is 174 g/mol. The molecule has 58 valence electrons. The third-order valence-corrected chi connectivity index (χ3v) is 5.41. The van der Waals surface area contributed by atoms with Crippen molar-refractivity contribution in [2.75, 3.05) is 12.3 Å². The van der Waals surface area contributed by atoms with Crippen LogP contribution < -0.4 is 0 Å². The second-order valence-electron chi connectivity index (χ2n) is 2.81. The summed E-state index contributed by atoms with van der Waals surface area (Å²) >= 11 is 0. The van der Waals surface area contributed by atoms with E-state index in [1.54, 1.807) is 0 Å². The van der Waals surface area contributed by atoms with E-state index in [1.165, 1.54) is 60.1 Å². The van der Waals surface area contributed by atoms with Crippen LogP contribution >= 0.6 is 16.5 Å². The van der Waals surface area contributed by atoms with Gasteiger partial charge in [-0.05, 0) is 38.0 Å². The molecule has 0 aromatic rings. The lowest BCUT2D eigenvalue weighted by Gasteiger charge is -1.99. The van der Waals surface area contributed by atoms with Crippen molar-refractivity contribution in [1.82, 2.24) is 0 Å². The third kappa shape index (κ3) is 3.69. The largest absolute Gasteiger partial charge is 0.0998 e. The maximum Gasteiger partial charge on any atom is -0.0280 e. The molecule has 0 radical (unpaired) electrons. The molecule has 0 nitrogen and oxygen atoms in total. The van der Waals surface area contributed by atoms with Gasteiger partial charge in [0.05, 0.1) is 0 Å². The van der Waals surface area contributed by atoms with Gasteiger partial charge in [-0.1, -0.05) is 28.7 Å². The number of hydrogen-bond donors (Lipinski definition) is 0. The topological polar surface area (TPSA) is 0 Å². The minimum Gasteiger partial charge on any atom is -0.0998 e. The highest BCUT2D eigenvalue weighted by Crippen LogP contribution is 2.39. The lowest BCUT2D eigenvalue weighted by molar-refractivity contribution is 0.778. The fraction of sp³-hybridized carbons (Fsp3) is 0.750. The van der Waals surface area contributed by atoms with Crippen LogP contribution in [0.3, 0.4) is 0 Å². The van der Waals surface area contributed by atoms with Crippen molar-refractivity contribution in [3.63, 3.8) is 0 Å². The van der Waals surface area contributed by atoms with E-state index in [1.807, 2.05) is 0 Å². The summed E-state index contributed by atoms with van der Waals surface area (Å²) in [6, 6.07) is 0. The van der Waals surface area contributed by atoms with Gasteiger partial charge in [0.1, 0.15) is 0 Å². The van der Waals surface area contributed by atoms with Crippen LogP contribution in [0.5, 0.6) is 0 Å². The summed E-state index contributed by atoms with van der Waals surface area (Å²) in [6.45, 7) is 4.07. The molecule has 2 atom stereocenters. The van der Waals surface area contributed by atoms with Gasteiger partial charge in [0.25, 0.3) is 0 Å². The molecule has 1 rings (SSSR count). The predicted octanol–water partition coefficient (Wildman–Crippen LogP) is 3.39. The van der Waals surface area contributed by atoms with Gasteiger partial charge in [0.2, 0.25) is 0 Å². The quantitative estimate of drug-likeness (QED) is 0.390. The van der Waals surface area contributed by atoms with Crippen molar-refractivity contribution in [3.05, 3.63) is 12.2 Å². The maximum absolute atomic E-state index is 4.07. The Morgan fingerprint density at radius 1 is 1.00 bits per heavy atom. The minimum absolute atomic E-state index is 1.24. The lowest BCUT2D eigenvalue weighted by Crippen LogP contribution is -1.82. The van der Waals surface area contributed by atoms with E-state index in [9.17, 15) is 0 Å². The molecule has 0 saturated carbocycles. The van der Waals surface area contributed by atoms with E-state index in [4.69, 9.17) is 0 Å². The van der Waals surface area contributed by atoms with Crippen LogP contribution in [-0.4, -0.2) is 12.3 Å². The summed E-state index contributed by atoms with van der Waals surface area (Å²) in [5.74, 6) is 0. The molecule has 0 aromatic carbocycles. The van der Waals surface area contributed by atoms with E-state index in [0.717, 1.165) is 0 Å². The second kappa shape index (κ2) is 5.28. The first kappa shape index (κ1) is 8.69. The summed E-state index contributed by atoms with van der Waals surface area (Å²) in [7, 11) is 2.50. The van der Waals surface area contributed by atoms with E-state index in [-0.39, 0.29) is 0 Å². The van der Waals surface area contributed by atoms with Crippen molar-refractivity contribution in [3.8, 4) is 0 Å². The molecule has 2 heteroatoms. The zero-order valence-electron chi connectivity index (χ0n) is 6.45. The summed E-state index contributed by atoms with van der Waals surface area (Å²) in [5, 5.41) is 0. The predicted molar refractivity (Wildman–Crippen MR) is 54.0 cm³/mol. The number of hydrogen-bond acceptors (Lipinski definition) is 0. The van der Waals surface area contributed by atoms with Crippen LogP contribution in [-0.2, 0) is 0 Å². The van der Waals surface area contributed by atoms with E-state index >= 15 is 0 Å². The van der Waals surface area contributed by atoms with Crippen molar-refractivity contribution < 1.29 is 0 Å². The Morgan fingerprint density at radius 3 is 2.70 bits per heavy atom. The van der Waals surface area contributed by atoms with Crippen LogP contribution in [0.2, 0.25) is 0 Å². The van der Waals surface area contributed by atoms with Crippen LogP contribution in [0.25, 0.3) is 0 Å². The van der Waals surface area contributed by atoms with Crippen LogP contribution in [0.15, 0.2) is 12.2 Å². The molecule has 0 bridgehead atoms. The summed E-state index contributed by atoms with van der Waals surface area (Å²) in [6.07, 6.45) is 8.38. The van der Waals surface area contributed by atoms with Gasteiger partial charge in [-0.25, -0.2) is 0 Å². The molecule has 1 saturated heterocycles. The van der Waals surface area contributed by atoms with Crippen LogP contribution in [0.4, 0.5) is 0 Å². The normalized spacial score (nSPS) is 27.8. The lowest BCUT2D eigenvalue weighted by atomic mass is 10.1. The maximum atomic E-state index is 4.07. The Labute approximate surface area is 67.3 Å². The fourth-order valence-corrected chi connectivity index (χ4v) is 4.35. The standard InChI is InChI=1S/C8H16P2/c1-8-4-2-3-6-9-10-7-5-8/h9-10H,1-7H2. The molecular weight excluding hydrogens is 158 g/mol. The molecule has 1 aliphatic rings. The van der Waals surface area contributed by atoms with Crippen LogP contribution in [0.1, 0.15) is 25.7 Å². The van der Waals surface area contributed by atoms with E-state index < -0.39 is 0 Å². The molecule has 0 N–H and O–H groups in total. The first-order valence-electron chi connectivity index (χ1n) is 4.02.